The lowest BCUT2D eigenvalue weighted by Crippen LogP contribution is -2.11. The van der Waals surface area contributed by atoms with Crippen LogP contribution in [-0.2, 0) is 10.0 Å². The maximum Gasteiger partial charge on any atom is 0.238 e. The van der Waals surface area contributed by atoms with Gasteiger partial charge in [-0.15, -0.1) is 0 Å². The molecule has 4 aromatic rings. The van der Waals surface area contributed by atoms with E-state index < -0.39 is 10.0 Å². The maximum atomic E-state index is 11.4. The monoisotopic (exact) mass is 438 g/mol. The molecular weight excluding hydrogens is 420 g/mol. The van der Waals surface area contributed by atoms with Crippen LogP contribution in [0.1, 0.15) is 5.01 Å². The highest BCUT2D eigenvalue weighted by molar-refractivity contribution is 7.89. The Morgan fingerprint density at radius 1 is 1.03 bits per heavy atom. The number of anilines is 2. The van der Waals surface area contributed by atoms with Crippen molar-refractivity contribution >= 4 is 32.9 Å². The van der Waals surface area contributed by atoms with Crippen molar-refractivity contribution in [3.63, 3.8) is 0 Å². The molecule has 3 N–H and O–H groups in total. The molecule has 152 valence electrons. The molecule has 2 heterocycles. The highest BCUT2D eigenvalue weighted by Gasteiger charge is 2.14. The molecule has 0 bridgehead atoms. The lowest BCUT2D eigenvalue weighted by molar-refractivity contribution is 0.496. The van der Waals surface area contributed by atoms with Crippen LogP contribution in [0.3, 0.4) is 0 Å². The van der Waals surface area contributed by atoms with Crippen molar-refractivity contribution in [3.05, 3.63) is 77.9 Å². The van der Waals surface area contributed by atoms with Crippen LogP contribution in [0.2, 0.25) is 0 Å². The summed E-state index contributed by atoms with van der Waals surface area (Å²) >= 11 is 1.47. The molecule has 7 nitrogen and oxygen atoms in total. The number of thiazole rings is 1. The minimum atomic E-state index is -3.73. The first-order valence-electron chi connectivity index (χ1n) is 8.95. The van der Waals surface area contributed by atoms with E-state index >= 15 is 0 Å². The Labute approximate surface area is 178 Å². The third kappa shape index (κ3) is 4.65. The molecule has 0 saturated carbocycles. The normalized spacial score (nSPS) is 11.3. The number of aryl methyl sites for hydroxylation is 1. The van der Waals surface area contributed by atoms with Crippen LogP contribution >= 0.6 is 11.3 Å². The molecule has 9 heteroatoms. The summed E-state index contributed by atoms with van der Waals surface area (Å²) in [5.41, 5.74) is 2.45. The molecular formula is C21H18N4O3S2. The number of aromatic nitrogens is 2. The number of nitrogens with one attached hydrogen (secondary N) is 1. The van der Waals surface area contributed by atoms with Gasteiger partial charge >= 0.3 is 0 Å². The molecule has 30 heavy (non-hydrogen) atoms. The van der Waals surface area contributed by atoms with Crippen molar-refractivity contribution in [2.75, 3.05) is 5.32 Å². The first-order chi connectivity index (χ1) is 14.4. The third-order valence-electron chi connectivity index (χ3n) is 4.15. The van der Waals surface area contributed by atoms with Gasteiger partial charge in [0.25, 0.3) is 0 Å². The Morgan fingerprint density at radius 3 is 2.47 bits per heavy atom. The third-order valence-corrected chi connectivity index (χ3v) is 5.93. The fourth-order valence-corrected chi connectivity index (χ4v) is 4.10. The Morgan fingerprint density at radius 2 is 1.77 bits per heavy atom. The zero-order chi connectivity index (χ0) is 21.1. The van der Waals surface area contributed by atoms with E-state index in [0.29, 0.717) is 22.3 Å². The van der Waals surface area contributed by atoms with Crippen molar-refractivity contribution in [1.82, 2.24) is 9.97 Å². The summed E-state index contributed by atoms with van der Waals surface area (Å²) < 4.78 is 28.9. The van der Waals surface area contributed by atoms with Gasteiger partial charge in [0, 0.05) is 23.5 Å². The number of pyridine rings is 1. The number of nitrogens with two attached hydrogens (primary N) is 1. The molecule has 0 radical (unpaired) electrons. The van der Waals surface area contributed by atoms with E-state index in [1.807, 2.05) is 37.3 Å². The number of primary sulfonamides is 1. The average molecular weight is 439 g/mol. The molecule has 0 unspecified atom stereocenters. The molecule has 0 aliphatic carbocycles. The number of sulfonamides is 1. The second-order valence-corrected chi connectivity index (χ2v) is 9.14. The number of hydrogen-bond donors (Lipinski definition) is 2. The van der Waals surface area contributed by atoms with Gasteiger partial charge in [0.1, 0.15) is 17.3 Å². The molecule has 0 aliphatic heterocycles. The summed E-state index contributed by atoms with van der Waals surface area (Å²) in [4.78, 5) is 8.93. The minimum absolute atomic E-state index is 0.0482. The zero-order valence-electron chi connectivity index (χ0n) is 15.9. The van der Waals surface area contributed by atoms with Crippen LogP contribution < -0.4 is 15.2 Å². The molecule has 2 aromatic carbocycles. The molecule has 2 aromatic heterocycles. The van der Waals surface area contributed by atoms with Crippen molar-refractivity contribution in [1.29, 1.82) is 0 Å². The molecule has 0 aliphatic rings. The fourth-order valence-electron chi connectivity index (χ4n) is 2.78. The molecule has 0 spiro atoms. The van der Waals surface area contributed by atoms with Crippen LogP contribution in [0.4, 0.5) is 11.5 Å². The van der Waals surface area contributed by atoms with Gasteiger partial charge in [-0.1, -0.05) is 41.7 Å². The van der Waals surface area contributed by atoms with E-state index in [4.69, 9.17) is 9.88 Å². The van der Waals surface area contributed by atoms with Crippen LogP contribution in [0.25, 0.3) is 11.3 Å². The highest BCUT2D eigenvalue weighted by Crippen LogP contribution is 2.38. The van der Waals surface area contributed by atoms with Crippen molar-refractivity contribution < 1.29 is 13.2 Å². The first kappa shape index (κ1) is 20.0. The number of nitrogens with zero attached hydrogens (tertiary/aromatic N) is 2. The second-order valence-electron chi connectivity index (χ2n) is 6.41. The van der Waals surface area contributed by atoms with E-state index in [1.54, 1.807) is 30.5 Å². The standard InChI is InChI=1S/C21H18N4O3S2/c1-14-24-20(15-5-3-2-4-6-15)21(29-14)28-17-11-12-23-19(13-17)25-16-7-9-18(10-8-16)30(22,26)27/h2-13H,1H3,(H,23,25)(H2,22,26,27). The quantitative estimate of drug-likeness (QED) is 0.452. The van der Waals surface area contributed by atoms with Crippen molar-refractivity contribution in [2.24, 2.45) is 5.14 Å². The highest BCUT2D eigenvalue weighted by atomic mass is 32.2. The summed E-state index contributed by atoms with van der Waals surface area (Å²) in [6, 6.07) is 19.5. The number of hydrogen-bond acceptors (Lipinski definition) is 7. The Bertz CT molecular complexity index is 1270. The van der Waals surface area contributed by atoms with Gasteiger partial charge in [-0.25, -0.2) is 23.5 Å². The first-order valence-corrected chi connectivity index (χ1v) is 11.3. The zero-order valence-corrected chi connectivity index (χ0v) is 17.6. The molecule has 4 rings (SSSR count). The van der Waals surface area contributed by atoms with Gasteiger partial charge in [-0.2, -0.15) is 0 Å². The lowest BCUT2D eigenvalue weighted by atomic mass is 10.2. The summed E-state index contributed by atoms with van der Waals surface area (Å²) in [6.45, 7) is 1.94. The van der Waals surface area contributed by atoms with Crippen molar-refractivity contribution in [3.8, 4) is 22.1 Å². The number of rotatable bonds is 6. The van der Waals surface area contributed by atoms with Crippen LogP contribution in [-0.4, -0.2) is 18.4 Å². The Kier molecular flexibility index (Phi) is 5.49. The largest absolute Gasteiger partial charge is 0.444 e. The molecule has 0 amide bonds. The summed E-state index contributed by atoms with van der Waals surface area (Å²) in [6.07, 6.45) is 1.63. The topological polar surface area (TPSA) is 107 Å². The summed E-state index contributed by atoms with van der Waals surface area (Å²) in [7, 11) is -3.73. The van der Waals surface area contributed by atoms with E-state index in [0.717, 1.165) is 16.3 Å². The maximum absolute atomic E-state index is 11.4. The van der Waals surface area contributed by atoms with Gasteiger partial charge in [0.15, 0.2) is 0 Å². The summed E-state index contributed by atoms with van der Waals surface area (Å²) in [5.74, 6) is 1.16. The Hall–Kier alpha value is -3.27. The van der Waals surface area contributed by atoms with Crippen LogP contribution in [0.15, 0.2) is 77.8 Å². The molecule has 0 fully saturated rings. The average Bonchev–Trinajstić information content (AvgIpc) is 3.09. The van der Waals surface area contributed by atoms with E-state index in [-0.39, 0.29) is 4.90 Å². The van der Waals surface area contributed by atoms with Gasteiger partial charge in [0.2, 0.25) is 15.1 Å². The predicted octanol–water partition coefficient (Wildman–Crippen LogP) is 4.70. The van der Waals surface area contributed by atoms with Crippen molar-refractivity contribution in [2.45, 2.75) is 11.8 Å². The smallest absolute Gasteiger partial charge is 0.238 e. The van der Waals surface area contributed by atoms with Gasteiger partial charge < -0.3 is 10.1 Å². The van der Waals surface area contributed by atoms with Crippen LogP contribution in [0.5, 0.6) is 10.8 Å². The van der Waals surface area contributed by atoms with Gasteiger partial charge in [-0.05, 0) is 37.3 Å². The predicted molar refractivity (Wildman–Crippen MR) is 118 cm³/mol. The number of ether oxygens (including phenoxy) is 1. The van der Waals surface area contributed by atoms with Crippen LogP contribution in [0, 0.1) is 6.92 Å². The molecule has 0 atom stereocenters. The van der Waals surface area contributed by atoms with E-state index in [9.17, 15) is 8.42 Å². The Balaban J connectivity index is 1.55. The molecule has 0 saturated heterocycles. The number of benzene rings is 2. The summed E-state index contributed by atoms with van der Waals surface area (Å²) in [5, 5.41) is 9.86. The van der Waals surface area contributed by atoms with E-state index in [2.05, 4.69) is 15.3 Å². The lowest BCUT2D eigenvalue weighted by Gasteiger charge is -2.09. The van der Waals surface area contributed by atoms with Gasteiger partial charge in [0.05, 0.1) is 9.90 Å². The SMILES string of the molecule is Cc1nc(-c2ccccc2)c(Oc2ccnc(Nc3ccc(S(N)(=O)=O)cc3)c2)s1. The van der Waals surface area contributed by atoms with Gasteiger partial charge in [-0.3, -0.25) is 0 Å². The second kappa shape index (κ2) is 8.23. The van der Waals surface area contributed by atoms with E-state index in [1.165, 1.54) is 23.5 Å². The minimum Gasteiger partial charge on any atom is -0.444 e. The fraction of sp³-hybridized carbons (Fsp3) is 0.0476.